The van der Waals surface area contributed by atoms with E-state index in [-0.39, 0.29) is 18.5 Å². The van der Waals surface area contributed by atoms with Gasteiger partial charge in [0.1, 0.15) is 6.54 Å². The maximum absolute atomic E-state index is 13.5. The van der Waals surface area contributed by atoms with E-state index in [1.165, 1.54) is 4.57 Å². The van der Waals surface area contributed by atoms with Gasteiger partial charge < -0.3 is 30.6 Å². The zero-order valence-corrected chi connectivity index (χ0v) is 26.5. The first-order chi connectivity index (χ1) is 21.3. The molecule has 9 nitrogen and oxygen atoms in total. The lowest BCUT2D eigenvalue weighted by molar-refractivity contribution is -0.140. The number of halogens is 3. The summed E-state index contributed by atoms with van der Waals surface area (Å²) in [4.78, 5) is 20.8. The van der Waals surface area contributed by atoms with Gasteiger partial charge >= 0.3 is 6.18 Å². The number of hydrogen-bond acceptors (Lipinski definition) is 7. The molecule has 0 spiro atoms. The lowest BCUT2D eigenvalue weighted by atomic mass is 10.0. The van der Waals surface area contributed by atoms with E-state index in [1.807, 2.05) is 55.0 Å². The summed E-state index contributed by atoms with van der Waals surface area (Å²) in [6, 6.07) is 11.2. The molecule has 1 amide bonds. The molecule has 1 saturated heterocycles. The van der Waals surface area contributed by atoms with E-state index >= 15 is 0 Å². The Labute approximate surface area is 263 Å². The van der Waals surface area contributed by atoms with E-state index in [4.69, 9.17) is 10.5 Å². The predicted octanol–water partition coefficient (Wildman–Crippen LogP) is 3.91. The first kappa shape index (κ1) is 34.2. The number of rotatable bonds is 12. The molecule has 0 aliphatic carbocycles. The number of amides is 1. The molecule has 2 aromatic heterocycles. The van der Waals surface area contributed by atoms with Crippen molar-refractivity contribution < 1.29 is 22.7 Å². The zero-order chi connectivity index (χ0) is 32.6. The summed E-state index contributed by atoms with van der Waals surface area (Å²) >= 11 is 0. The number of fused-ring (bicyclic) bond motifs is 1. The summed E-state index contributed by atoms with van der Waals surface area (Å²) in [7, 11) is 3.56. The van der Waals surface area contributed by atoms with Gasteiger partial charge in [-0.2, -0.15) is 13.2 Å². The van der Waals surface area contributed by atoms with E-state index in [0.717, 1.165) is 29.8 Å². The highest BCUT2D eigenvalue weighted by Gasteiger charge is 2.30. The van der Waals surface area contributed by atoms with Crippen LogP contribution in [0.1, 0.15) is 43.6 Å². The minimum Gasteiger partial charge on any atom is -0.383 e. The number of pyridine rings is 1. The van der Waals surface area contributed by atoms with Crippen molar-refractivity contribution in [1.82, 2.24) is 24.7 Å². The van der Waals surface area contributed by atoms with E-state index in [0.29, 0.717) is 55.9 Å². The first-order valence-electron chi connectivity index (χ1n) is 15.2. The molecule has 244 valence electrons. The van der Waals surface area contributed by atoms with E-state index in [2.05, 4.69) is 27.5 Å². The maximum atomic E-state index is 13.5. The fourth-order valence-corrected chi connectivity index (χ4v) is 5.30. The normalized spacial score (nSPS) is 14.6. The lowest BCUT2D eigenvalue weighted by Gasteiger charge is -2.33. The highest BCUT2D eigenvalue weighted by molar-refractivity contribution is 5.83. The number of alkyl halides is 3. The molecular formula is C33H44F3N7O2. The Morgan fingerprint density at radius 1 is 1.18 bits per heavy atom. The Kier molecular flexibility index (Phi) is 11.5. The second-order valence-electron chi connectivity index (χ2n) is 12.2. The van der Waals surface area contributed by atoms with Crippen LogP contribution in [0.15, 0.2) is 42.6 Å². The maximum Gasteiger partial charge on any atom is 0.406 e. The summed E-state index contributed by atoms with van der Waals surface area (Å²) in [6.45, 7) is 6.49. The van der Waals surface area contributed by atoms with Crippen LogP contribution in [-0.4, -0.2) is 91.0 Å². The topological polar surface area (TPSA) is 101 Å². The van der Waals surface area contributed by atoms with Crippen molar-refractivity contribution in [3.63, 3.8) is 0 Å². The number of nitrogens with two attached hydrogens (primary N) is 1. The number of piperidine rings is 1. The summed E-state index contributed by atoms with van der Waals surface area (Å²) in [5.41, 5.74) is 8.78. The van der Waals surface area contributed by atoms with Crippen LogP contribution in [0.3, 0.4) is 0 Å². The van der Waals surface area contributed by atoms with Crippen molar-refractivity contribution in [1.29, 1.82) is 0 Å². The minimum atomic E-state index is -4.39. The molecule has 0 radical (unpaired) electrons. The van der Waals surface area contributed by atoms with Gasteiger partial charge in [0, 0.05) is 50.2 Å². The van der Waals surface area contributed by atoms with Crippen LogP contribution in [0, 0.1) is 11.8 Å². The number of likely N-dealkylation sites (N-methyl/N-ethyl adjacent to an activating group) is 1. The number of anilines is 1. The van der Waals surface area contributed by atoms with Gasteiger partial charge in [0.25, 0.3) is 0 Å². The number of aromatic nitrogens is 2. The number of ether oxygens (including phenoxy) is 1. The second-order valence-corrected chi connectivity index (χ2v) is 12.2. The highest BCUT2D eigenvalue weighted by Crippen LogP contribution is 2.26. The predicted molar refractivity (Wildman–Crippen MR) is 171 cm³/mol. The molecule has 1 aromatic carbocycles. The van der Waals surface area contributed by atoms with Gasteiger partial charge in [0.05, 0.1) is 48.5 Å². The van der Waals surface area contributed by atoms with Crippen LogP contribution in [0.4, 0.5) is 18.9 Å². The Hall–Kier alpha value is -3.63. The fourth-order valence-electron chi connectivity index (χ4n) is 5.30. The standard InChI is InChI=1S/C33H44F3N7O2/c1-32(2,37)30-10-8-27(21-40-30)38-13-5-6-28-19-25-18-24(7-9-29(25)43(28)23-33(34,35)36)20-39-26-11-14-42(15-12-26)31(44)22-41(3)16-17-45-4/h7-10,18-19,21,26,38-39H,11-17,20,22-23,37H2,1-4H3. The largest absolute Gasteiger partial charge is 0.406 e. The Morgan fingerprint density at radius 3 is 2.58 bits per heavy atom. The molecule has 45 heavy (non-hydrogen) atoms. The van der Waals surface area contributed by atoms with E-state index in [1.54, 1.807) is 25.4 Å². The molecule has 0 unspecified atom stereocenters. The number of methoxy groups -OCH3 is 1. The molecule has 3 heterocycles. The third kappa shape index (κ3) is 10.2. The quantitative estimate of drug-likeness (QED) is 0.262. The molecule has 4 rings (SSSR count). The number of hydrogen-bond donors (Lipinski definition) is 3. The molecule has 3 aromatic rings. The molecule has 1 aliphatic rings. The van der Waals surface area contributed by atoms with Crippen LogP contribution in [0.5, 0.6) is 0 Å². The fraction of sp³-hybridized carbons (Fsp3) is 0.515. The third-order valence-corrected chi connectivity index (χ3v) is 7.85. The van der Waals surface area contributed by atoms with Crippen molar-refractivity contribution in [3.8, 4) is 11.8 Å². The van der Waals surface area contributed by atoms with Crippen molar-refractivity contribution in [2.45, 2.75) is 57.5 Å². The molecule has 0 bridgehead atoms. The average Bonchev–Trinajstić information content (AvgIpc) is 3.32. The number of nitrogens with one attached hydrogen (secondary N) is 2. The van der Waals surface area contributed by atoms with Crippen molar-refractivity contribution in [3.05, 3.63) is 59.5 Å². The summed E-state index contributed by atoms with van der Waals surface area (Å²) in [5, 5.41) is 7.40. The molecule has 1 fully saturated rings. The van der Waals surface area contributed by atoms with Crippen LogP contribution < -0.4 is 16.4 Å². The summed E-state index contributed by atoms with van der Waals surface area (Å²) in [6.07, 6.45) is -1.04. The van der Waals surface area contributed by atoms with Gasteiger partial charge in [-0.3, -0.25) is 14.7 Å². The highest BCUT2D eigenvalue weighted by atomic mass is 19.4. The second kappa shape index (κ2) is 15.1. The molecule has 0 saturated carbocycles. The molecule has 1 aliphatic heterocycles. The SMILES string of the molecule is COCCN(C)CC(=O)N1CCC(NCc2ccc3c(c2)cc(C#CCNc2ccc(C(C)(C)N)nc2)n3CC(F)(F)F)CC1. The van der Waals surface area contributed by atoms with E-state index in [9.17, 15) is 18.0 Å². The summed E-state index contributed by atoms with van der Waals surface area (Å²) in [5.74, 6) is 5.99. The molecular weight excluding hydrogens is 583 g/mol. The molecule has 12 heteroatoms. The van der Waals surface area contributed by atoms with Gasteiger partial charge in [-0.15, -0.1) is 0 Å². The Morgan fingerprint density at radius 2 is 1.93 bits per heavy atom. The number of carbonyl (C=O) groups is 1. The minimum absolute atomic E-state index is 0.123. The zero-order valence-electron chi connectivity index (χ0n) is 26.5. The monoisotopic (exact) mass is 627 g/mol. The van der Waals surface area contributed by atoms with E-state index < -0.39 is 18.3 Å². The summed E-state index contributed by atoms with van der Waals surface area (Å²) < 4.78 is 46.8. The average molecular weight is 628 g/mol. The van der Waals surface area contributed by atoms with Crippen LogP contribution in [-0.2, 0) is 28.2 Å². The van der Waals surface area contributed by atoms with Crippen molar-refractivity contribution in [2.24, 2.45) is 5.73 Å². The van der Waals surface area contributed by atoms with Crippen molar-refractivity contribution >= 4 is 22.5 Å². The third-order valence-electron chi connectivity index (χ3n) is 7.85. The smallest absolute Gasteiger partial charge is 0.383 e. The molecule has 4 N–H and O–H groups in total. The van der Waals surface area contributed by atoms with Gasteiger partial charge in [-0.05, 0) is 75.6 Å². The van der Waals surface area contributed by atoms with Crippen molar-refractivity contribution in [2.75, 3.05) is 58.8 Å². The Balaban J connectivity index is 1.35. The van der Waals surface area contributed by atoms with Crippen LogP contribution in [0.25, 0.3) is 10.9 Å². The van der Waals surface area contributed by atoms with Crippen LogP contribution in [0.2, 0.25) is 0 Å². The van der Waals surface area contributed by atoms with Gasteiger partial charge in [0.15, 0.2) is 0 Å². The lowest BCUT2D eigenvalue weighted by Crippen LogP contribution is -2.47. The number of carbonyl (C=O) groups excluding carboxylic acids is 1. The molecule has 0 atom stereocenters. The van der Waals surface area contributed by atoms with Gasteiger partial charge in [-0.1, -0.05) is 12.0 Å². The number of likely N-dealkylation sites (tertiary alicyclic amines) is 1. The number of benzene rings is 1. The number of nitrogens with zero attached hydrogens (tertiary/aromatic N) is 4. The van der Waals surface area contributed by atoms with Crippen LogP contribution >= 0.6 is 0 Å². The van der Waals surface area contributed by atoms with Gasteiger partial charge in [-0.25, -0.2) is 0 Å². The Bertz CT molecular complexity index is 1480. The van der Waals surface area contributed by atoms with Gasteiger partial charge in [0.2, 0.25) is 5.91 Å². The first-order valence-corrected chi connectivity index (χ1v) is 15.2.